The third kappa shape index (κ3) is 5.38. The molecule has 0 aliphatic heterocycles. The summed E-state index contributed by atoms with van der Waals surface area (Å²) in [4.78, 5) is 16.2. The highest BCUT2D eigenvalue weighted by molar-refractivity contribution is 6.16. The Bertz CT molecular complexity index is 3920. The molecule has 13 aromatic rings. The van der Waals surface area contributed by atoms with Crippen LogP contribution in [0.2, 0.25) is 0 Å². The Hall–Kier alpha value is -8.41. The zero-order chi connectivity index (χ0) is 40.7. The fourth-order valence-corrected chi connectivity index (χ4v) is 9.47. The Morgan fingerprint density at radius 2 is 0.887 bits per heavy atom. The van der Waals surface area contributed by atoms with Crippen molar-refractivity contribution in [1.82, 2.24) is 19.5 Å². The first kappa shape index (κ1) is 34.5. The van der Waals surface area contributed by atoms with Crippen molar-refractivity contribution in [2.75, 3.05) is 0 Å². The molecule has 10 aromatic carbocycles. The maximum Gasteiger partial charge on any atom is 0.166 e. The van der Waals surface area contributed by atoms with Gasteiger partial charge in [0.1, 0.15) is 11.2 Å². The van der Waals surface area contributed by atoms with Crippen molar-refractivity contribution in [3.63, 3.8) is 0 Å². The summed E-state index contributed by atoms with van der Waals surface area (Å²) in [5.41, 5.74) is 9.71. The summed E-state index contributed by atoms with van der Waals surface area (Å²) in [6, 6.07) is 72.8. The lowest BCUT2D eigenvalue weighted by atomic mass is 9.96. The van der Waals surface area contributed by atoms with Gasteiger partial charge in [-0.15, -0.1) is 0 Å². The van der Waals surface area contributed by atoms with E-state index < -0.39 is 0 Å². The van der Waals surface area contributed by atoms with E-state index >= 15 is 0 Å². The van der Waals surface area contributed by atoms with E-state index in [0.717, 1.165) is 82.6 Å². The number of para-hydroxylation sites is 2. The van der Waals surface area contributed by atoms with Gasteiger partial charge in [0.2, 0.25) is 0 Å². The molecule has 13 rings (SSSR count). The number of fused-ring (bicyclic) bond motifs is 10. The molecule has 288 valence electrons. The lowest BCUT2D eigenvalue weighted by molar-refractivity contribution is 0.669. The molecule has 0 saturated heterocycles. The lowest BCUT2D eigenvalue weighted by Gasteiger charge is -2.16. The Labute approximate surface area is 355 Å². The Kier molecular flexibility index (Phi) is 7.54. The molecule has 5 nitrogen and oxygen atoms in total. The number of nitrogens with zero attached hydrogens (tertiary/aromatic N) is 4. The molecule has 62 heavy (non-hydrogen) atoms. The minimum atomic E-state index is 0.554. The van der Waals surface area contributed by atoms with Gasteiger partial charge in [0.25, 0.3) is 0 Å². The molecule has 0 N–H and O–H groups in total. The topological polar surface area (TPSA) is 56.7 Å². The number of furan rings is 1. The van der Waals surface area contributed by atoms with Crippen LogP contribution < -0.4 is 0 Å². The van der Waals surface area contributed by atoms with Gasteiger partial charge < -0.3 is 8.98 Å². The molecule has 0 spiro atoms. The van der Waals surface area contributed by atoms with Crippen LogP contribution in [0.5, 0.6) is 0 Å². The predicted octanol–water partition coefficient (Wildman–Crippen LogP) is 15.0. The summed E-state index contributed by atoms with van der Waals surface area (Å²) in [7, 11) is 0. The summed E-state index contributed by atoms with van der Waals surface area (Å²) in [5, 5.41) is 11.4. The molecule has 0 unspecified atom stereocenters. The summed E-state index contributed by atoms with van der Waals surface area (Å²) in [6.07, 6.45) is 0. The first-order chi connectivity index (χ1) is 30.7. The quantitative estimate of drug-likeness (QED) is 0.163. The molecule has 3 aromatic heterocycles. The van der Waals surface area contributed by atoms with Gasteiger partial charge in [-0.1, -0.05) is 164 Å². The Morgan fingerprint density at radius 3 is 1.69 bits per heavy atom. The average Bonchev–Trinajstić information content (AvgIpc) is 3.87. The minimum absolute atomic E-state index is 0.554. The Balaban J connectivity index is 1.14. The second-order valence-corrected chi connectivity index (χ2v) is 16.0. The third-order valence-corrected chi connectivity index (χ3v) is 12.4. The number of benzene rings is 10. The summed E-state index contributed by atoms with van der Waals surface area (Å²) in [5.74, 6) is 1.74. The molecule has 0 aliphatic rings. The zero-order valence-electron chi connectivity index (χ0n) is 33.3. The van der Waals surface area contributed by atoms with Crippen molar-refractivity contribution in [3.05, 3.63) is 206 Å². The highest BCUT2D eigenvalue weighted by Gasteiger charge is 2.23. The second-order valence-electron chi connectivity index (χ2n) is 16.0. The Morgan fingerprint density at radius 1 is 0.306 bits per heavy atom. The van der Waals surface area contributed by atoms with Crippen molar-refractivity contribution in [3.8, 4) is 51.0 Å². The molecule has 0 aliphatic carbocycles. The van der Waals surface area contributed by atoms with Crippen LogP contribution in [0.15, 0.2) is 211 Å². The van der Waals surface area contributed by atoms with E-state index in [-0.39, 0.29) is 0 Å². The van der Waals surface area contributed by atoms with Crippen LogP contribution in [0.25, 0.3) is 127 Å². The minimum Gasteiger partial charge on any atom is -0.456 e. The van der Waals surface area contributed by atoms with E-state index in [4.69, 9.17) is 19.4 Å². The first-order valence-electron chi connectivity index (χ1n) is 20.9. The van der Waals surface area contributed by atoms with Gasteiger partial charge >= 0.3 is 0 Å². The van der Waals surface area contributed by atoms with E-state index in [0.29, 0.717) is 17.5 Å². The normalized spacial score (nSPS) is 11.9. The number of rotatable bonds is 5. The van der Waals surface area contributed by atoms with Crippen molar-refractivity contribution in [2.45, 2.75) is 0 Å². The highest BCUT2D eigenvalue weighted by Crippen LogP contribution is 2.42. The predicted molar refractivity (Wildman–Crippen MR) is 256 cm³/mol. The molecule has 3 heterocycles. The molecule has 0 saturated carbocycles. The van der Waals surface area contributed by atoms with Crippen LogP contribution in [0, 0.1) is 0 Å². The highest BCUT2D eigenvalue weighted by atomic mass is 16.3. The maximum atomic E-state index is 6.63. The molecule has 0 bridgehead atoms. The van der Waals surface area contributed by atoms with Crippen molar-refractivity contribution in [2.24, 2.45) is 0 Å². The fourth-order valence-electron chi connectivity index (χ4n) is 9.47. The SMILES string of the molecule is c1ccc(-c2ccc(-c3nc(-c4cc5oc6ccccc6c5cc4-n4c5ccccc5c5cc6ccccc6cc54)nc(-c4cc5ccccc5c5ccccc45)n3)cc2)cc1. The third-order valence-electron chi connectivity index (χ3n) is 12.4. The van der Waals surface area contributed by atoms with Crippen LogP contribution in [-0.4, -0.2) is 19.5 Å². The standard InChI is InChI=1S/C57H34N4O/c1-2-14-35(15-3-1)36-26-28-37(29-27-36)55-58-56(48-31-40-18-6-7-19-41(40)42-20-8-9-21-43(42)48)60-57(59-55)49-34-54-47(45-23-11-13-25-53(45)62-54)33-52(49)61-50-24-12-10-22-44(50)46-30-38-16-4-5-17-39(38)32-51(46)61/h1-34H. The maximum absolute atomic E-state index is 6.63. The van der Waals surface area contributed by atoms with Crippen molar-refractivity contribution >= 4 is 76.1 Å². The molecule has 5 heteroatoms. The summed E-state index contributed by atoms with van der Waals surface area (Å²) in [6.45, 7) is 0. The molecule has 0 radical (unpaired) electrons. The van der Waals surface area contributed by atoms with Crippen LogP contribution in [-0.2, 0) is 0 Å². The van der Waals surface area contributed by atoms with Crippen LogP contribution >= 0.6 is 0 Å². The molecule has 0 fully saturated rings. The van der Waals surface area contributed by atoms with Gasteiger partial charge in [0.05, 0.1) is 16.7 Å². The average molecular weight is 791 g/mol. The number of hydrogen-bond donors (Lipinski definition) is 0. The van der Waals surface area contributed by atoms with Gasteiger partial charge in [-0.2, -0.15) is 0 Å². The second kappa shape index (κ2) is 13.6. The van der Waals surface area contributed by atoms with E-state index in [1.54, 1.807) is 0 Å². The van der Waals surface area contributed by atoms with Crippen molar-refractivity contribution < 1.29 is 4.42 Å². The van der Waals surface area contributed by atoms with Gasteiger partial charge in [-0.3, -0.25) is 0 Å². The number of hydrogen-bond acceptors (Lipinski definition) is 4. The van der Waals surface area contributed by atoms with Crippen LogP contribution in [0.4, 0.5) is 0 Å². The van der Waals surface area contributed by atoms with Crippen LogP contribution in [0.1, 0.15) is 0 Å². The van der Waals surface area contributed by atoms with Gasteiger partial charge in [0.15, 0.2) is 17.5 Å². The van der Waals surface area contributed by atoms with Gasteiger partial charge in [-0.05, 0) is 85.9 Å². The lowest BCUT2D eigenvalue weighted by Crippen LogP contribution is -2.04. The monoisotopic (exact) mass is 790 g/mol. The molecular weight excluding hydrogens is 757 g/mol. The number of aromatic nitrogens is 4. The van der Waals surface area contributed by atoms with Gasteiger partial charge in [0, 0.05) is 38.2 Å². The molecule has 0 amide bonds. The first-order valence-corrected chi connectivity index (χ1v) is 20.9. The van der Waals surface area contributed by atoms with Crippen molar-refractivity contribution in [1.29, 1.82) is 0 Å². The van der Waals surface area contributed by atoms with E-state index in [9.17, 15) is 0 Å². The van der Waals surface area contributed by atoms with E-state index in [2.05, 4.69) is 193 Å². The molecule has 0 atom stereocenters. The summed E-state index contributed by atoms with van der Waals surface area (Å²) < 4.78 is 9.02. The van der Waals surface area contributed by atoms with E-state index in [1.165, 1.54) is 26.9 Å². The zero-order valence-corrected chi connectivity index (χ0v) is 33.3. The smallest absolute Gasteiger partial charge is 0.166 e. The van der Waals surface area contributed by atoms with Gasteiger partial charge in [-0.25, -0.2) is 15.0 Å². The van der Waals surface area contributed by atoms with E-state index in [1.807, 2.05) is 18.2 Å². The molecular formula is C57H34N4O. The largest absolute Gasteiger partial charge is 0.456 e. The fraction of sp³-hybridized carbons (Fsp3) is 0. The summed E-state index contributed by atoms with van der Waals surface area (Å²) >= 11 is 0. The van der Waals surface area contributed by atoms with Crippen LogP contribution in [0.3, 0.4) is 0 Å².